The van der Waals surface area contributed by atoms with E-state index in [1.807, 2.05) is 47.4 Å². The number of benzene rings is 2. The lowest BCUT2D eigenvalue weighted by Gasteiger charge is -2.36. The van der Waals surface area contributed by atoms with E-state index in [9.17, 15) is 4.79 Å². The van der Waals surface area contributed by atoms with Crippen LogP contribution in [-0.4, -0.2) is 46.9 Å². The average Bonchev–Trinajstić information content (AvgIpc) is 2.79. The molecule has 4 rings (SSSR count). The van der Waals surface area contributed by atoms with Crippen molar-refractivity contribution in [2.45, 2.75) is 18.9 Å². The molecule has 1 aromatic heterocycles. The van der Waals surface area contributed by atoms with Crippen molar-refractivity contribution in [3.63, 3.8) is 0 Å². The standard InChI is InChI=1S/C25H27N3O/c29-25(28-17-15-27(16-18-28)20-21-9-3-1-4-10-21)24(22-11-5-2-6-12-22)19-23-13-7-8-14-26-23/h1-14,24H,15-20H2. The van der Waals surface area contributed by atoms with Crippen LogP contribution >= 0.6 is 0 Å². The Hall–Kier alpha value is -2.98. The smallest absolute Gasteiger partial charge is 0.230 e. The lowest BCUT2D eigenvalue weighted by molar-refractivity contribution is -0.134. The van der Waals surface area contributed by atoms with Crippen molar-refractivity contribution in [1.82, 2.24) is 14.8 Å². The number of nitrogens with zero attached hydrogens (tertiary/aromatic N) is 3. The number of pyridine rings is 1. The van der Waals surface area contributed by atoms with E-state index in [4.69, 9.17) is 0 Å². The third kappa shape index (κ3) is 5.09. The molecule has 29 heavy (non-hydrogen) atoms. The van der Waals surface area contributed by atoms with E-state index in [0.29, 0.717) is 6.42 Å². The van der Waals surface area contributed by atoms with Gasteiger partial charge in [-0.2, -0.15) is 0 Å². The zero-order chi connectivity index (χ0) is 19.9. The van der Waals surface area contributed by atoms with Crippen LogP contribution in [0, 0.1) is 0 Å². The molecule has 2 aromatic carbocycles. The Morgan fingerprint density at radius 1 is 0.828 bits per heavy atom. The molecule has 3 aromatic rings. The highest BCUT2D eigenvalue weighted by molar-refractivity contribution is 5.84. The summed E-state index contributed by atoms with van der Waals surface area (Å²) in [6.45, 7) is 4.31. The van der Waals surface area contributed by atoms with Crippen molar-refractivity contribution in [3.05, 3.63) is 102 Å². The lowest BCUT2D eigenvalue weighted by atomic mass is 9.92. The molecule has 1 aliphatic heterocycles. The molecule has 1 aliphatic rings. The van der Waals surface area contributed by atoms with Crippen LogP contribution < -0.4 is 0 Å². The number of hydrogen-bond donors (Lipinski definition) is 0. The number of amides is 1. The van der Waals surface area contributed by atoms with Crippen molar-refractivity contribution in [2.24, 2.45) is 0 Å². The van der Waals surface area contributed by atoms with E-state index in [1.165, 1.54) is 5.56 Å². The minimum Gasteiger partial charge on any atom is -0.340 e. The van der Waals surface area contributed by atoms with Gasteiger partial charge in [0, 0.05) is 51.0 Å². The van der Waals surface area contributed by atoms with Gasteiger partial charge in [-0.1, -0.05) is 66.7 Å². The van der Waals surface area contributed by atoms with Gasteiger partial charge in [0.25, 0.3) is 0 Å². The summed E-state index contributed by atoms with van der Waals surface area (Å²) >= 11 is 0. The summed E-state index contributed by atoms with van der Waals surface area (Å²) in [5, 5.41) is 0. The lowest BCUT2D eigenvalue weighted by Crippen LogP contribution is -2.49. The molecule has 1 atom stereocenters. The van der Waals surface area contributed by atoms with Gasteiger partial charge >= 0.3 is 0 Å². The predicted octanol–water partition coefficient (Wildman–Crippen LogP) is 3.75. The molecule has 1 saturated heterocycles. The number of rotatable bonds is 6. The van der Waals surface area contributed by atoms with Gasteiger partial charge in [-0.25, -0.2) is 0 Å². The SMILES string of the molecule is O=C(C(Cc1ccccn1)c1ccccc1)N1CCN(Cc2ccccc2)CC1. The van der Waals surface area contributed by atoms with Crippen molar-refractivity contribution < 1.29 is 4.79 Å². The maximum Gasteiger partial charge on any atom is 0.230 e. The Morgan fingerprint density at radius 2 is 1.48 bits per heavy atom. The normalized spacial score (nSPS) is 15.8. The van der Waals surface area contributed by atoms with E-state index in [2.05, 4.69) is 46.3 Å². The topological polar surface area (TPSA) is 36.4 Å². The zero-order valence-corrected chi connectivity index (χ0v) is 16.7. The molecule has 0 aliphatic carbocycles. The maximum absolute atomic E-state index is 13.4. The molecule has 4 nitrogen and oxygen atoms in total. The van der Waals surface area contributed by atoms with Gasteiger partial charge in [0.1, 0.15) is 0 Å². The third-order valence-corrected chi connectivity index (χ3v) is 5.57. The molecule has 1 unspecified atom stereocenters. The summed E-state index contributed by atoms with van der Waals surface area (Å²) in [5.41, 5.74) is 3.34. The third-order valence-electron chi connectivity index (χ3n) is 5.57. The van der Waals surface area contributed by atoms with Crippen LogP contribution in [0.25, 0.3) is 0 Å². The second-order valence-corrected chi connectivity index (χ2v) is 7.58. The minimum atomic E-state index is -0.188. The van der Waals surface area contributed by atoms with Crippen molar-refractivity contribution in [1.29, 1.82) is 0 Å². The summed E-state index contributed by atoms with van der Waals surface area (Å²) in [7, 11) is 0. The zero-order valence-electron chi connectivity index (χ0n) is 16.7. The Balaban J connectivity index is 1.43. The first-order valence-corrected chi connectivity index (χ1v) is 10.3. The van der Waals surface area contributed by atoms with E-state index in [-0.39, 0.29) is 11.8 Å². The van der Waals surface area contributed by atoms with Gasteiger partial charge in [-0.15, -0.1) is 0 Å². The van der Waals surface area contributed by atoms with Crippen LogP contribution in [0.4, 0.5) is 0 Å². The van der Waals surface area contributed by atoms with Gasteiger partial charge < -0.3 is 4.90 Å². The molecule has 0 radical (unpaired) electrons. The van der Waals surface area contributed by atoms with Gasteiger partial charge in [0.2, 0.25) is 5.91 Å². The van der Waals surface area contributed by atoms with E-state index < -0.39 is 0 Å². The molecule has 2 heterocycles. The largest absolute Gasteiger partial charge is 0.340 e. The monoisotopic (exact) mass is 385 g/mol. The van der Waals surface area contributed by atoms with Crippen LogP contribution in [0.15, 0.2) is 85.1 Å². The Kier molecular flexibility index (Phi) is 6.32. The molecule has 148 valence electrons. The van der Waals surface area contributed by atoms with Crippen LogP contribution in [0.2, 0.25) is 0 Å². The predicted molar refractivity (Wildman–Crippen MR) is 115 cm³/mol. The van der Waals surface area contributed by atoms with E-state index in [0.717, 1.165) is 44.0 Å². The Morgan fingerprint density at radius 3 is 2.14 bits per heavy atom. The molecule has 0 spiro atoms. The summed E-state index contributed by atoms with van der Waals surface area (Å²) in [6, 6.07) is 26.5. The summed E-state index contributed by atoms with van der Waals surface area (Å²) < 4.78 is 0. The Labute approximate surface area is 172 Å². The first kappa shape index (κ1) is 19.3. The first-order chi connectivity index (χ1) is 14.3. The molecule has 1 fully saturated rings. The molecule has 0 N–H and O–H groups in total. The molecule has 1 amide bonds. The van der Waals surface area contributed by atoms with Gasteiger partial charge in [0.15, 0.2) is 0 Å². The number of aromatic nitrogens is 1. The van der Waals surface area contributed by atoms with Gasteiger partial charge in [0.05, 0.1) is 5.92 Å². The highest BCUT2D eigenvalue weighted by atomic mass is 16.2. The molecule has 0 saturated carbocycles. The fourth-order valence-electron chi connectivity index (χ4n) is 3.95. The van der Waals surface area contributed by atoms with Crippen LogP contribution in [0.5, 0.6) is 0 Å². The summed E-state index contributed by atoms with van der Waals surface area (Å²) in [6.07, 6.45) is 2.43. The summed E-state index contributed by atoms with van der Waals surface area (Å²) in [5.74, 6) is 0.0213. The van der Waals surface area contributed by atoms with Crippen LogP contribution in [0.3, 0.4) is 0 Å². The van der Waals surface area contributed by atoms with Crippen LogP contribution in [-0.2, 0) is 17.8 Å². The number of carbonyl (C=O) groups is 1. The molecule has 4 heteroatoms. The van der Waals surface area contributed by atoms with Crippen molar-refractivity contribution in [2.75, 3.05) is 26.2 Å². The fourth-order valence-corrected chi connectivity index (χ4v) is 3.95. The second kappa shape index (κ2) is 9.48. The average molecular weight is 386 g/mol. The summed E-state index contributed by atoms with van der Waals surface area (Å²) in [4.78, 5) is 22.4. The van der Waals surface area contributed by atoms with Gasteiger partial charge in [-0.05, 0) is 23.3 Å². The second-order valence-electron chi connectivity index (χ2n) is 7.58. The number of piperazine rings is 1. The van der Waals surface area contributed by atoms with E-state index >= 15 is 0 Å². The minimum absolute atomic E-state index is 0.188. The highest BCUT2D eigenvalue weighted by Gasteiger charge is 2.29. The Bertz CT molecular complexity index is 891. The van der Waals surface area contributed by atoms with Crippen molar-refractivity contribution >= 4 is 5.91 Å². The van der Waals surface area contributed by atoms with Crippen LogP contribution in [0.1, 0.15) is 22.7 Å². The molecular weight excluding hydrogens is 358 g/mol. The van der Waals surface area contributed by atoms with Gasteiger partial charge in [-0.3, -0.25) is 14.7 Å². The molecular formula is C25H27N3O. The fraction of sp³-hybridized carbons (Fsp3) is 0.280. The first-order valence-electron chi connectivity index (χ1n) is 10.3. The quantitative estimate of drug-likeness (QED) is 0.648. The number of hydrogen-bond acceptors (Lipinski definition) is 3. The maximum atomic E-state index is 13.4. The highest BCUT2D eigenvalue weighted by Crippen LogP contribution is 2.24. The van der Waals surface area contributed by atoms with Crippen molar-refractivity contribution in [3.8, 4) is 0 Å². The molecule has 0 bridgehead atoms. The number of carbonyl (C=O) groups excluding carboxylic acids is 1. The van der Waals surface area contributed by atoms with E-state index in [1.54, 1.807) is 6.20 Å².